The molecule has 4 aromatic heterocycles. The molecule has 0 radical (unpaired) electrons. The molecule has 0 saturated carbocycles. The fourth-order valence-corrected chi connectivity index (χ4v) is 6.37. The van der Waals surface area contributed by atoms with E-state index < -0.39 is 17.7 Å². The van der Waals surface area contributed by atoms with Gasteiger partial charge in [0.1, 0.15) is 22.7 Å². The van der Waals surface area contributed by atoms with E-state index in [9.17, 15) is 19.2 Å². The summed E-state index contributed by atoms with van der Waals surface area (Å²) in [7, 11) is 0. The highest BCUT2D eigenvalue weighted by molar-refractivity contribution is 6.05. The predicted octanol–water partition coefficient (Wildman–Crippen LogP) is 4.02. The predicted molar refractivity (Wildman–Crippen MR) is 198 cm³/mol. The minimum Gasteiger partial charge on any atom is -0.492 e. The Balaban J connectivity index is 1.32. The Morgan fingerprint density at radius 2 is 1.23 bits per heavy atom. The van der Waals surface area contributed by atoms with Crippen LogP contribution in [-0.2, 0) is 26.2 Å². The minimum atomic E-state index is -0.636. The number of nitrogens with zero attached hydrogens (tertiary/aromatic N) is 8. The van der Waals surface area contributed by atoms with Crippen LogP contribution in [0.15, 0.2) is 42.5 Å². The van der Waals surface area contributed by atoms with Crippen LogP contribution >= 0.6 is 0 Å². The molecule has 0 aliphatic rings. The van der Waals surface area contributed by atoms with Gasteiger partial charge in [-0.1, -0.05) is 0 Å². The fraction of sp³-hybridized carbons (Fsp3) is 0.333. The van der Waals surface area contributed by atoms with E-state index in [0.29, 0.717) is 108 Å². The smallest absolute Gasteiger partial charge is 0.276 e. The number of carbonyl (C=O) groups excluding carboxylic acids is 4. The molecular weight excluding hydrogens is 680 g/mol. The van der Waals surface area contributed by atoms with E-state index in [-0.39, 0.29) is 17.4 Å². The number of amides is 4. The van der Waals surface area contributed by atoms with Crippen molar-refractivity contribution in [3.63, 3.8) is 0 Å². The van der Waals surface area contributed by atoms with Crippen molar-refractivity contribution in [2.45, 2.75) is 73.6 Å². The van der Waals surface area contributed by atoms with Crippen LogP contribution in [0.4, 0.5) is 11.9 Å². The third-order valence-electron chi connectivity index (χ3n) is 8.76. The molecule has 0 unspecified atom stereocenters. The molecule has 0 atom stereocenters. The minimum absolute atomic E-state index is 0.223. The van der Waals surface area contributed by atoms with E-state index in [1.165, 1.54) is 0 Å². The number of hydrogen-bond donors (Lipinski definition) is 4. The lowest BCUT2D eigenvalue weighted by atomic mass is 10.1. The van der Waals surface area contributed by atoms with Crippen molar-refractivity contribution < 1.29 is 23.9 Å². The van der Waals surface area contributed by atoms with E-state index in [4.69, 9.17) is 21.2 Å². The molecule has 0 saturated heterocycles. The van der Waals surface area contributed by atoms with Gasteiger partial charge in [-0.05, 0) is 89.9 Å². The van der Waals surface area contributed by atoms with Crippen molar-refractivity contribution >= 4 is 57.6 Å². The average molecular weight is 723 g/mol. The number of unbranched alkanes of at least 4 members (excludes halogenated alkanes) is 1. The van der Waals surface area contributed by atoms with Crippen LogP contribution in [0.3, 0.4) is 0 Å². The molecule has 17 heteroatoms. The maximum Gasteiger partial charge on any atom is 0.276 e. The maximum absolute atomic E-state index is 13.6. The summed E-state index contributed by atoms with van der Waals surface area (Å²) in [6.07, 6.45) is 1.17. The van der Waals surface area contributed by atoms with Crippen LogP contribution < -0.4 is 26.8 Å². The van der Waals surface area contributed by atoms with Crippen molar-refractivity contribution in [1.82, 2.24) is 38.7 Å². The number of primary amides is 2. The first-order chi connectivity index (χ1) is 25.4. The number of nitrogens with two attached hydrogens (primary N) is 2. The summed E-state index contributed by atoms with van der Waals surface area (Å²) in [4.78, 5) is 60.5. The lowest BCUT2D eigenvalue weighted by molar-refractivity contribution is 0.0992. The second-order valence-electron chi connectivity index (χ2n) is 12.5. The number of aromatic nitrogens is 8. The Kier molecular flexibility index (Phi) is 10.3. The first-order valence-corrected chi connectivity index (χ1v) is 17.4. The number of aryl methyl sites for hydroxylation is 6. The van der Waals surface area contributed by atoms with Crippen molar-refractivity contribution in [3.05, 3.63) is 76.4 Å². The number of ether oxygens (including phenoxy) is 1. The SMILES string of the molecule is CCOc1cc(C(N)=O)cc2nc(NC(=O)c3cc(C)nn3CC)n(CCCCn3c(NC(=O)c4cc(C)nn4CC)nc4cc(C(N)=O)ccc43)c12. The van der Waals surface area contributed by atoms with Crippen molar-refractivity contribution in [3.8, 4) is 5.75 Å². The van der Waals surface area contributed by atoms with Crippen LogP contribution in [0.25, 0.3) is 22.1 Å². The highest BCUT2D eigenvalue weighted by Gasteiger charge is 2.23. The zero-order chi connectivity index (χ0) is 38.0. The molecule has 6 N–H and O–H groups in total. The third kappa shape index (κ3) is 7.31. The van der Waals surface area contributed by atoms with Gasteiger partial charge in [-0.25, -0.2) is 9.97 Å². The summed E-state index contributed by atoms with van der Waals surface area (Å²) < 4.78 is 12.9. The molecule has 6 aromatic rings. The molecule has 2 aromatic carbocycles. The van der Waals surface area contributed by atoms with Crippen LogP contribution in [0.5, 0.6) is 5.75 Å². The Morgan fingerprint density at radius 3 is 1.77 bits per heavy atom. The number of fused-ring (bicyclic) bond motifs is 2. The second kappa shape index (κ2) is 15.0. The van der Waals surface area contributed by atoms with Gasteiger partial charge >= 0.3 is 0 Å². The molecule has 6 rings (SSSR count). The van der Waals surface area contributed by atoms with Gasteiger partial charge in [0.25, 0.3) is 11.8 Å². The van der Waals surface area contributed by atoms with Crippen molar-refractivity contribution in [2.75, 3.05) is 17.2 Å². The van der Waals surface area contributed by atoms with E-state index in [1.807, 2.05) is 43.8 Å². The molecule has 0 fully saturated rings. The molecule has 0 spiro atoms. The van der Waals surface area contributed by atoms with Gasteiger partial charge in [0.2, 0.25) is 23.7 Å². The molecule has 53 heavy (non-hydrogen) atoms. The summed E-state index contributed by atoms with van der Waals surface area (Å²) in [5.74, 6) is -1.03. The number of imidazole rings is 2. The van der Waals surface area contributed by atoms with Gasteiger partial charge in [0.15, 0.2) is 0 Å². The monoisotopic (exact) mass is 722 g/mol. The quantitative estimate of drug-likeness (QED) is 0.112. The molecule has 0 bridgehead atoms. The molecule has 0 aliphatic heterocycles. The van der Waals surface area contributed by atoms with Crippen LogP contribution in [-0.4, -0.2) is 68.9 Å². The van der Waals surface area contributed by atoms with Gasteiger partial charge < -0.3 is 25.3 Å². The number of anilines is 2. The van der Waals surface area contributed by atoms with Crippen LogP contribution in [0.2, 0.25) is 0 Å². The molecule has 17 nitrogen and oxygen atoms in total. The Labute approximate surface area is 304 Å². The lowest BCUT2D eigenvalue weighted by Gasteiger charge is -2.14. The average Bonchev–Trinajstić information content (AvgIpc) is 3.88. The Hall–Kier alpha value is -6.52. The summed E-state index contributed by atoms with van der Waals surface area (Å²) in [6, 6.07) is 11.5. The summed E-state index contributed by atoms with van der Waals surface area (Å²) >= 11 is 0. The fourth-order valence-electron chi connectivity index (χ4n) is 6.37. The standard InChI is InChI=1S/C36H42N12O5/c1-6-47-27(15-20(4)43-47)33(51)41-35-39-24-17-22(31(37)49)11-12-26(24)45(35)13-9-10-14-46-30-25(18-23(32(38)50)19-29(30)53-8-3)40-36(46)42-34(52)28-16-21(5)44-48(28)7-2/h11-12,15-19H,6-10,13-14H2,1-5H3,(H2,37,49)(H2,38,50)(H,39,41,51)(H,40,42,52). The Morgan fingerprint density at radius 1 is 0.698 bits per heavy atom. The van der Waals surface area contributed by atoms with Gasteiger partial charge in [-0.3, -0.25) is 39.2 Å². The van der Waals surface area contributed by atoms with Gasteiger partial charge in [0.05, 0.1) is 34.5 Å². The van der Waals surface area contributed by atoms with E-state index in [0.717, 1.165) is 0 Å². The first kappa shape index (κ1) is 36.3. The largest absolute Gasteiger partial charge is 0.492 e. The number of nitrogens with one attached hydrogen (secondary N) is 2. The van der Waals surface area contributed by atoms with Crippen LogP contribution in [0, 0.1) is 13.8 Å². The topological polar surface area (TPSA) is 225 Å². The van der Waals surface area contributed by atoms with Crippen LogP contribution in [0.1, 0.15) is 86.7 Å². The second-order valence-corrected chi connectivity index (χ2v) is 12.5. The molecular formula is C36H42N12O5. The number of benzene rings is 2. The molecule has 276 valence electrons. The molecule has 0 aliphatic carbocycles. The highest BCUT2D eigenvalue weighted by atomic mass is 16.5. The summed E-state index contributed by atoms with van der Waals surface area (Å²) in [5, 5.41) is 14.7. The normalized spacial score (nSPS) is 11.3. The Bertz CT molecular complexity index is 2380. The number of carbonyl (C=O) groups is 4. The zero-order valence-corrected chi connectivity index (χ0v) is 30.3. The van der Waals surface area contributed by atoms with Crippen molar-refractivity contribution in [2.24, 2.45) is 11.5 Å². The maximum atomic E-state index is 13.6. The molecule has 4 amide bonds. The van der Waals surface area contributed by atoms with E-state index in [1.54, 1.807) is 51.8 Å². The lowest BCUT2D eigenvalue weighted by Crippen LogP contribution is -2.20. The zero-order valence-electron chi connectivity index (χ0n) is 30.3. The molecule has 4 heterocycles. The highest BCUT2D eigenvalue weighted by Crippen LogP contribution is 2.32. The summed E-state index contributed by atoms with van der Waals surface area (Å²) in [5.41, 5.74) is 16.1. The number of hydrogen-bond acceptors (Lipinski definition) is 9. The van der Waals surface area contributed by atoms with E-state index in [2.05, 4.69) is 25.8 Å². The number of rotatable bonds is 15. The first-order valence-electron chi connectivity index (χ1n) is 17.4. The van der Waals surface area contributed by atoms with Gasteiger partial charge in [-0.2, -0.15) is 10.2 Å². The summed E-state index contributed by atoms with van der Waals surface area (Å²) in [6.45, 7) is 11.4. The van der Waals surface area contributed by atoms with E-state index >= 15 is 0 Å². The van der Waals surface area contributed by atoms with Gasteiger partial charge in [-0.15, -0.1) is 0 Å². The third-order valence-corrected chi connectivity index (χ3v) is 8.76. The van der Waals surface area contributed by atoms with Gasteiger partial charge in [0, 0.05) is 37.3 Å². The van der Waals surface area contributed by atoms with Crippen molar-refractivity contribution in [1.29, 1.82) is 0 Å².